The highest BCUT2D eigenvalue weighted by atomic mass is 16.3. The number of nitrogens with one attached hydrogen (secondary N) is 1. The van der Waals surface area contributed by atoms with Crippen LogP contribution in [0.5, 0.6) is 0 Å². The van der Waals surface area contributed by atoms with E-state index in [4.69, 9.17) is 5.11 Å². The van der Waals surface area contributed by atoms with Crippen LogP contribution in [0.1, 0.15) is 33.6 Å². The zero-order chi connectivity index (χ0) is 9.40. The normalized spacial score (nSPS) is 13.8. The maximum Gasteiger partial charge on any atom is 0.0434 e. The van der Waals surface area contributed by atoms with Gasteiger partial charge >= 0.3 is 0 Å². The lowest BCUT2D eigenvalue weighted by atomic mass is 10.1. The molecule has 0 saturated carbocycles. The molecule has 1 atom stereocenters. The van der Waals surface area contributed by atoms with Gasteiger partial charge < -0.3 is 10.4 Å². The van der Waals surface area contributed by atoms with Crippen LogP contribution in [-0.2, 0) is 0 Å². The maximum absolute atomic E-state index is 8.65. The first-order chi connectivity index (χ1) is 5.66. The van der Waals surface area contributed by atoms with Crippen LogP contribution in [0.2, 0.25) is 0 Å². The minimum atomic E-state index is 0.313. The molecule has 2 N–H and O–H groups in total. The molecule has 0 aromatic rings. The molecule has 0 bridgehead atoms. The Morgan fingerprint density at radius 1 is 1.17 bits per heavy atom. The third-order valence-corrected chi connectivity index (χ3v) is 2.01. The molecule has 0 saturated heterocycles. The van der Waals surface area contributed by atoms with Crippen LogP contribution in [0.4, 0.5) is 0 Å². The van der Waals surface area contributed by atoms with Crippen LogP contribution in [0, 0.1) is 11.8 Å². The number of aliphatic hydroxyl groups excluding tert-OH is 1. The van der Waals surface area contributed by atoms with Gasteiger partial charge in [0, 0.05) is 6.61 Å². The summed E-state index contributed by atoms with van der Waals surface area (Å²) in [6.45, 7) is 9.09. The summed E-state index contributed by atoms with van der Waals surface area (Å²) in [5.74, 6) is 1.38. The van der Waals surface area contributed by atoms with Gasteiger partial charge in [-0.25, -0.2) is 0 Å². The number of hydrogen-bond acceptors (Lipinski definition) is 2. The van der Waals surface area contributed by atoms with E-state index in [9.17, 15) is 0 Å². The Hall–Kier alpha value is -0.0800. The Morgan fingerprint density at radius 3 is 2.33 bits per heavy atom. The summed E-state index contributed by atoms with van der Waals surface area (Å²) < 4.78 is 0. The molecular weight excluding hydrogens is 150 g/mol. The van der Waals surface area contributed by atoms with E-state index >= 15 is 0 Å². The molecular formula is C10H23NO. The molecule has 0 aliphatic heterocycles. The van der Waals surface area contributed by atoms with E-state index in [-0.39, 0.29) is 0 Å². The van der Waals surface area contributed by atoms with Gasteiger partial charge in [0.15, 0.2) is 0 Å². The Kier molecular flexibility index (Phi) is 7.51. The van der Waals surface area contributed by atoms with Crippen molar-refractivity contribution < 1.29 is 5.11 Å². The summed E-state index contributed by atoms with van der Waals surface area (Å²) >= 11 is 0. The lowest BCUT2D eigenvalue weighted by molar-refractivity contribution is 0.260. The van der Waals surface area contributed by atoms with E-state index in [1.54, 1.807) is 0 Å². The minimum absolute atomic E-state index is 0.313. The second-order valence-electron chi connectivity index (χ2n) is 4.00. The van der Waals surface area contributed by atoms with Crippen molar-refractivity contribution in [3.8, 4) is 0 Å². The monoisotopic (exact) mass is 173 g/mol. The van der Waals surface area contributed by atoms with Crippen molar-refractivity contribution in [2.45, 2.75) is 33.6 Å². The summed E-state index contributed by atoms with van der Waals surface area (Å²) in [6.07, 6.45) is 2.15. The smallest absolute Gasteiger partial charge is 0.0434 e. The van der Waals surface area contributed by atoms with Crippen LogP contribution in [-0.4, -0.2) is 24.8 Å². The third-order valence-electron chi connectivity index (χ3n) is 2.01. The molecule has 0 aromatic heterocycles. The molecule has 1 unspecified atom stereocenters. The van der Waals surface area contributed by atoms with Crippen molar-refractivity contribution in [1.29, 1.82) is 0 Å². The van der Waals surface area contributed by atoms with Crippen LogP contribution < -0.4 is 5.32 Å². The Balaban J connectivity index is 3.08. The van der Waals surface area contributed by atoms with Crippen LogP contribution in [0.25, 0.3) is 0 Å². The van der Waals surface area contributed by atoms with Crippen molar-refractivity contribution in [2.24, 2.45) is 11.8 Å². The van der Waals surface area contributed by atoms with Gasteiger partial charge in [-0.3, -0.25) is 0 Å². The summed E-state index contributed by atoms with van der Waals surface area (Å²) in [4.78, 5) is 0. The molecule has 0 radical (unpaired) electrons. The molecule has 74 valence electrons. The first-order valence-electron chi connectivity index (χ1n) is 4.98. The van der Waals surface area contributed by atoms with Gasteiger partial charge in [-0.15, -0.1) is 0 Å². The fourth-order valence-corrected chi connectivity index (χ4v) is 1.06. The average molecular weight is 173 g/mol. The topological polar surface area (TPSA) is 32.3 Å². The molecule has 0 heterocycles. The first kappa shape index (κ1) is 11.9. The number of hydrogen-bond donors (Lipinski definition) is 2. The summed E-state index contributed by atoms with van der Waals surface area (Å²) in [5, 5.41) is 12.0. The highest BCUT2D eigenvalue weighted by Crippen LogP contribution is 1.99. The van der Waals surface area contributed by atoms with E-state index in [1.165, 1.54) is 6.42 Å². The van der Waals surface area contributed by atoms with Crippen molar-refractivity contribution in [2.75, 3.05) is 19.7 Å². The predicted octanol–water partition coefficient (Wildman–Crippen LogP) is 1.64. The zero-order valence-corrected chi connectivity index (χ0v) is 8.64. The highest BCUT2D eigenvalue weighted by Gasteiger charge is 2.00. The quantitative estimate of drug-likeness (QED) is 0.574. The molecule has 0 fully saturated rings. The molecule has 2 nitrogen and oxygen atoms in total. The van der Waals surface area contributed by atoms with Gasteiger partial charge in [0.25, 0.3) is 0 Å². The first-order valence-corrected chi connectivity index (χ1v) is 4.98. The van der Waals surface area contributed by atoms with Gasteiger partial charge in [-0.1, -0.05) is 20.8 Å². The van der Waals surface area contributed by atoms with E-state index in [2.05, 4.69) is 26.1 Å². The molecule has 12 heavy (non-hydrogen) atoms. The summed E-state index contributed by atoms with van der Waals surface area (Å²) in [5.41, 5.74) is 0. The standard InChI is InChI=1S/C10H23NO/c1-9(2)4-6-11-8-10(3)5-7-12/h9-12H,4-8H2,1-3H3. The average Bonchev–Trinajstić information content (AvgIpc) is 1.98. The van der Waals surface area contributed by atoms with E-state index in [0.29, 0.717) is 12.5 Å². The second kappa shape index (κ2) is 7.56. The molecule has 0 rings (SSSR count). The third kappa shape index (κ3) is 8.02. The SMILES string of the molecule is CC(C)CCNCC(C)CCO. The molecule has 0 spiro atoms. The Morgan fingerprint density at radius 2 is 1.83 bits per heavy atom. The van der Waals surface area contributed by atoms with Gasteiger partial charge in [-0.05, 0) is 37.8 Å². The predicted molar refractivity (Wildman–Crippen MR) is 53.2 cm³/mol. The fraction of sp³-hybridized carbons (Fsp3) is 1.00. The second-order valence-corrected chi connectivity index (χ2v) is 4.00. The highest BCUT2D eigenvalue weighted by molar-refractivity contribution is 4.57. The number of rotatable bonds is 7. The Labute approximate surface area is 76.4 Å². The molecule has 0 amide bonds. The summed E-state index contributed by atoms with van der Waals surface area (Å²) in [7, 11) is 0. The van der Waals surface area contributed by atoms with Gasteiger partial charge in [0.1, 0.15) is 0 Å². The van der Waals surface area contributed by atoms with Gasteiger partial charge in [0.05, 0.1) is 0 Å². The van der Waals surface area contributed by atoms with Gasteiger partial charge in [0.2, 0.25) is 0 Å². The largest absolute Gasteiger partial charge is 0.396 e. The van der Waals surface area contributed by atoms with E-state index < -0.39 is 0 Å². The van der Waals surface area contributed by atoms with E-state index in [1.807, 2.05) is 0 Å². The minimum Gasteiger partial charge on any atom is -0.396 e. The van der Waals surface area contributed by atoms with Crippen molar-refractivity contribution in [3.63, 3.8) is 0 Å². The summed E-state index contributed by atoms with van der Waals surface area (Å²) in [6, 6.07) is 0. The molecule has 0 aromatic carbocycles. The fourth-order valence-electron chi connectivity index (χ4n) is 1.06. The Bertz CT molecular complexity index is 93.8. The van der Waals surface area contributed by atoms with E-state index in [0.717, 1.165) is 25.4 Å². The molecule has 0 aliphatic carbocycles. The van der Waals surface area contributed by atoms with Crippen molar-refractivity contribution in [3.05, 3.63) is 0 Å². The number of aliphatic hydroxyl groups is 1. The lowest BCUT2D eigenvalue weighted by Crippen LogP contribution is -2.23. The van der Waals surface area contributed by atoms with Crippen LogP contribution >= 0.6 is 0 Å². The molecule has 2 heteroatoms. The maximum atomic E-state index is 8.65. The van der Waals surface area contributed by atoms with Crippen molar-refractivity contribution >= 4 is 0 Å². The molecule has 0 aliphatic rings. The lowest BCUT2D eigenvalue weighted by Gasteiger charge is -2.11. The van der Waals surface area contributed by atoms with Crippen LogP contribution in [0.15, 0.2) is 0 Å². The zero-order valence-electron chi connectivity index (χ0n) is 8.64. The van der Waals surface area contributed by atoms with Gasteiger partial charge in [-0.2, -0.15) is 0 Å². The van der Waals surface area contributed by atoms with Crippen LogP contribution in [0.3, 0.4) is 0 Å². The van der Waals surface area contributed by atoms with Crippen molar-refractivity contribution in [1.82, 2.24) is 5.32 Å².